The molecule has 2 N–H and O–H groups in total. The van der Waals surface area contributed by atoms with Crippen LogP contribution in [0.2, 0.25) is 0 Å². The van der Waals surface area contributed by atoms with Gasteiger partial charge in [0, 0.05) is 6.04 Å². The first-order valence-corrected chi connectivity index (χ1v) is 5.69. The maximum Gasteiger partial charge on any atom is 0.118 e. The van der Waals surface area contributed by atoms with Gasteiger partial charge < -0.3 is 10.2 Å². The predicted octanol–water partition coefficient (Wildman–Crippen LogP) is 2.36. The maximum atomic E-state index is 5.59. The molecular weight excluding hydrogens is 188 g/mol. The molecule has 1 aromatic rings. The predicted molar refractivity (Wildman–Crippen MR) is 62.4 cm³/mol. The number of nitrogens with two attached hydrogens (primary N) is 1. The first-order valence-electron chi connectivity index (χ1n) is 5.69. The zero-order chi connectivity index (χ0) is 11.3. The monoisotopic (exact) mass is 210 g/mol. The minimum absolute atomic E-state index is 0.482. The lowest BCUT2D eigenvalue weighted by Crippen LogP contribution is -2.30. The van der Waals surface area contributed by atoms with Gasteiger partial charge in [0.25, 0.3) is 0 Å². The van der Waals surface area contributed by atoms with Crippen molar-refractivity contribution in [3.8, 4) is 0 Å². The van der Waals surface area contributed by atoms with Crippen molar-refractivity contribution in [3.05, 3.63) is 23.7 Å². The van der Waals surface area contributed by atoms with Crippen LogP contribution < -0.4 is 5.73 Å². The Labute approximate surface area is 92.2 Å². The van der Waals surface area contributed by atoms with Crippen LogP contribution in [0.1, 0.15) is 38.7 Å². The molecule has 0 amide bonds. The summed E-state index contributed by atoms with van der Waals surface area (Å²) in [7, 11) is 0. The third kappa shape index (κ3) is 3.68. The smallest absolute Gasteiger partial charge is 0.118 e. The minimum atomic E-state index is 0.482. The van der Waals surface area contributed by atoms with Crippen LogP contribution in [-0.4, -0.2) is 17.5 Å². The molecule has 0 atom stereocenters. The lowest BCUT2D eigenvalue weighted by atomic mass is 10.2. The fraction of sp³-hybridized carbons (Fsp3) is 0.667. The zero-order valence-corrected chi connectivity index (χ0v) is 9.99. The van der Waals surface area contributed by atoms with Crippen LogP contribution in [-0.2, 0) is 13.1 Å². The van der Waals surface area contributed by atoms with E-state index in [2.05, 4.69) is 25.7 Å². The second kappa shape index (κ2) is 5.93. The van der Waals surface area contributed by atoms with Gasteiger partial charge in [0.2, 0.25) is 0 Å². The topological polar surface area (TPSA) is 42.4 Å². The van der Waals surface area contributed by atoms with E-state index in [1.807, 2.05) is 12.1 Å². The van der Waals surface area contributed by atoms with E-state index < -0.39 is 0 Å². The second-order valence-corrected chi connectivity index (χ2v) is 4.14. The first kappa shape index (κ1) is 12.3. The third-order valence-corrected chi connectivity index (χ3v) is 2.52. The summed E-state index contributed by atoms with van der Waals surface area (Å²) in [4.78, 5) is 2.40. The van der Waals surface area contributed by atoms with Crippen LogP contribution in [0, 0.1) is 0 Å². The third-order valence-electron chi connectivity index (χ3n) is 2.52. The number of nitrogens with zero attached hydrogens (tertiary/aromatic N) is 1. The van der Waals surface area contributed by atoms with E-state index >= 15 is 0 Å². The molecule has 0 fully saturated rings. The summed E-state index contributed by atoms with van der Waals surface area (Å²) in [5.74, 6) is 1.88. The van der Waals surface area contributed by atoms with Crippen molar-refractivity contribution in [1.82, 2.24) is 4.90 Å². The SMILES string of the molecule is CCCN(Cc1ccc(CN)o1)C(C)C. The van der Waals surface area contributed by atoms with Gasteiger partial charge in [-0.1, -0.05) is 6.92 Å². The van der Waals surface area contributed by atoms with Gasteiger partial charge in [0.15, 0.2) is 0 Å². The average molecular weight is 210 g/mol. The lowest BCUT2D eigenvalue weighted by molar-refractivity contribution is 0.195. The van der Waals surface area contributed by atoms with Gasteiger partial charge in [-0.05, 0) is 38.9 Å². The van der Waals surface area contributed by atoms with E-state index in [1.165, 1.54) is 6.42 Å². The number of hydrogen-bond donors (Lipinski definition) is 1. The Morgan fingerprint density at radius 1 is 1.33 bits per heavy atom. The Bertz CT molecular complexity index is 281. The molecule has 3 nitrogen and oxygen atoms in total. The van der Waals surface area contributed by atoms with Gasteiger partial charge >= 0.3 is 0 Å². The molecule has 0 saturated carbocycles. The van der Waals surface area contributed by atoms with Crippen LogP contribution in [0.5, 0.6) is 0 Å². The summed E-state index contributed by atoms with van der Waals surface area (Å²) in [6, 6.07) is 4.53. The highest BCUT2D eigenvalue weighted by Crippen LogP contribution is 2.12. The highest BCUT2D eigenvalue weighted by atomic mass is 16.3. The summed E-state index contributed by atoms with van der Waals surface area (Å²) >= 11 is 0. The van der Waals surface area contributed by atoms with Crippen molar-refractivity contribution < 1.29 is 4.42 Å². The van der Waals surface area contributed by atoms with Crippen molar-refractivity contribution >= 4 is 0 Å². The van der Waals surface area contributed by atoms with Crippen molar-refractivity contribution in [2.75, 3.05) is 6.54 Å². The molecule has 0 aromatic carbocycles. The van der Waals surface area contributed by atoms with Crippen molar-refractivity contribution in [2.45, 2.75) is 46.3 Å². The number of furan rings is 1. The molecule has 0 aliphatic heterocycles. The largest absolute Gasteiger partial charge is 0.463 e. The maximum absolute atomic E-state index is 5.59. The van der Waals surface area contributed by atoms with E-state index in [0.717, 1.165) is 24.6 Å². The minimum Gasteiger partial charge on any atom is -0.463 e. The summed E-state index contributed by atoms with van der Waals surface area (Å²) in [6.45, 7) is 9.09. The van der Waals surface area contributed by atoms with Crippen LogP contribution in [0.3, 0.4) is 0 Å². The van der Waals surface area contributed by atoms with Gasteiger partial charge in [0.05, 0.1) is 13.1 Å². The van der Waals surface area contributed by atoms with E-state index in [4.69, 9.17) is 10.2 Å². The number of rotatable bonds is 6. The number of hydrogen-bond acceptors (Lipinski definition) is 3. The van der Waals surface area contributed by atoms with Crippen LogP contribution in [0.15, 0.2) is 16.5 Å². The molecule has 0 saturated heterocycles. The summed E-state index contributed by atoms with van der Waals surface area (Å²) < 4.78 is 5.59. The lowest BCUT2D eigenvalue weighted by Gasteiger charge is -2.24. The summed E-state index contributed by atoms with van der Waals surface area (Å²) in [6.07, 6.45) is 1.17. The Kier molecular flexibility index (Phi) is 4.85. The molecule has 86 valence electrons. The molecule has 15 heavy (non-hydrogen) atoms. The molecule has 0 spiro atoms. The molecule has 1 aromatic heterocycles. The average Bonchev–Trinajstić information content (AvgIpc) is 2.65. The van der Waals surface area contributed by atoms with Gasteiger partial charge in [-0.15, -0.1) is 0 Å². The zero-order valence-electron chi connectivity index (χ0n) is 9.99. The quantitative estimate of drug-likeness (QED) is 0.783. The van der Waals surface area contributed by atoms with E-state index in [1.54, 1.807) is 0 Å². The molecular formula is C12H22N2O. The second-order valence-electron chi connectivity index (χ2n) is 4.14. The standard InChI is InChI=1S/C12H22N2O/c1-4-7-14(10(2)3)9-12-6-5-11(8-13)15-12/h5-6,10H,4,7-9,13H2,1-3H3. The molecule has 1 heterocycles. The fourth-order valence-electron chi connectivity index (χ4n) is 1.62. The van der Waals surface area contributed by atoms with Crippen molar-refractivity contribution in [3.63, 3.8) is 0 Å². The Hall–Kier alpha value is -0.800. The Balaban J connectivity index is 2.57. The Morgan fingerprint density at radius 2 is 2.00 bits per heavy atom. The van der Waals surface area contributed by atoms with Crippen molar-refractivity contribution in [2.24, 2.45) is 5.73 Å². The summed E-state index contributed by atoms with van der Waals surface area (Å²) in [5, 5.41) is 0. The first-order chi connectivity index (χ1) is 7.17. The molecule has 0 aliphatic carbocycles. The van der Waals surface area contributed by atoms with E-state index in [9.17, 15) is 0 Å². The molecule has 0 aliphatic rings. The molecule has 0 bridgehead atoms. The highest BCUT2D eigenvalue weighted by Gasteiger charge is 2.11. The molecule has 0 unspecified atom stereocenters. The van der Waals surface area contributed by atoms with Crippen LogP contribution in [0.4, 0.5) is 0 Å². The van der Waals surface area contributed by atoms with E-state index in [-0.39, 0.29) is 0 Å². The van der Waals surface area contributed by atoms with Crippen LogP contribution >= 0.6 is 0 Å². The van der Waals surface area contributed by atoms with Gasteiger partial charge in [-0.2, -0.15) is 0 Å². The van der Waals surface area contributed by atoms with Crippen molar-refractivity contribution in [1.29, 1.82) is 0 Å². The fourth-order valence-corrected chi connectivity index (χ4v) is 1.62. The van der Waals surface area contributed by atoms with Crippen LogP contribution in [0.25, 0.3) is 0 Å². The van der Waals surface area contributed by atoms with Gasteiger partial charge in [-0.3, -0.25) is 4.90 Å². The molecule has 3 heteroatoms. The van der Waals surface area contributed by atoms with Gasteiger partial charge in [-0.25, -0.2) is 0 Å². The van der Waals surface area contributed by atoms with E-state index in [0.29, 0.717) is 12.6 Å². The molecule has 0 radical (unpaired) electrons. The molecule has 1 rings (SSSR count). The summed E-state index contributed by atoms with van der Waals surface area (Å²) in [5.41, 5.74) is 5.51. The van der Waals surface area contributed by atoms with Gasteiger partial charge in [0.1, 0.15) is 11.5 Å². The normalized spacial score (nSPS) is 11.6. The Morgan fingerprint density at radius 3 is 2.47 bits per heavy atom. The highest BCUT2D eigenvalue weighted by molar-refractivity contribution is 5.06.